The van der Waals surface area contributed by atoms with E-state index in [-0.39, 0.29) is 12.4 Å². The lowest BCUT2D eigenvalue weighted by atomic mass is 10.1. The highest BCUT2D eigenvalue weighted by Gasteiger charge is 2.22. The molecule has 0 spiro atoms. The number of likely N-dealkylation sites (N-methyl/N-ethyl adjacent to an activating group) is 1. The van der Waals surface area contributed by atoms with E-state index in [9.17, 15) is 14.7 Å². The predicted octanol–water partition coefficient (Wildman–Crippen LogP) is 4.11. The Morgan fingerprint density at radius 2 is 1.40 bits per heavy atom. The molecule has 0 N–H and O–H groups in total. The summed E-state index contributed by atoms with van der Waals surface area (Å²) in [6.45, 7) is 2.58. The van der Waals surface area contributed by atoms with Crippen molar-refractivity contribution in [1.82, 2.24) is 0 Å². The van der Waals surface area contributed by atoms with Crippen molar-refractivity contribution in [3.8, 4) is 0 Å². The fraction of sp³-hybridized carbons (Fsp3) is 0.600. The molecule has 0 saturated carbocycles. The molecular formula is C25H41NO4. The number of aliphatic carboxylic acids is 1. The van der Waals surface area contributed by atoms with Gasteiger partial charge in [-0.25, -0.2) is 0 Å². The summed E-state index contributed by atoms with van der Waals surface area (Å²) in [7, 11) is 5.79. The van der Waals surface area contributed by atoms with Gasteiger partial charge in [-0.3, -0.25) is 4.79 Å². The molecule has 5 nitrogen and oxygen atoms in total. The summed E-state index contributed by atoms with van der Waals surface area (Å²) in [6, 6.07) is 0. The molecule has 170 valence electrons. The molecule has 0 heterocycles. The van der Waals surface area contributed by atoms with Crippen molar-refractivity contribution in [3.63, 3.8) is 0 Å². The standard InChI is InChI=1S/C25H41NO4/c1-5-6-7-8-9-10-11-12-13-14-15-16-17-18-19-20-25(29)30-23(21-24(27)28)22-26(2,3)4/h6-7,9-10,12-13,15-16,23H,5,8,11,14,17-22H2,1-4H3/b7-6-,10-9-,13-12-,16-15-/t23-/m1/s1. The van der Waals surface area contributed by atoms with Crippen LogP contribution in [0.5, 0.6) is 0 Å². The number of nitrogens with zero attached hydrogens (tertiary/aromatic N) is 1. The second kappa shape index (κ2) is 17.7. The Bertz CT molecular complexity index is 582. The number of ether oxygens (including phenoxy) is 1. The number of rotatable bonds is 17. The van der Waals surface area contributed by atoms with E-state index in [4.69, 9.17) is 4.74 Å². The van der Waals surface area contributed by atoms with Gasteiger partial charge in [-0.05, 0) is 44.9 Å². The van der Waals surface area contributed by atoms with Gasteiger partial charge in [-0.15, -0.1) is 0 Å². The molecule has 0 rings (SSSR count). The average molecular weight is 420 g/mol. The van der Waals surface area contributed by atoms with Gasteiger partial charge < -0.3 is 19.1 Å². The zero-order chi connectivity index (χ0) is 22.7. The molecular weight excluding hydrogens is 378 g/mol. The topological polar surface area (TPSA) is 66.4 Å². The quantitative estimate of drug-likeness (QED) is 0.154. The van der Waals surface area contributed by atoms with Crippen LogP contribution in [0.15, 0.2) is 48.6 Å². The minimum absolute atomic E-state index is 0.261. The predicted molar refractivity (Wildman–Crippen MR) is 122 cm³/mol. The molecule has 0 saturated heterocycles. The number of carboxylic acids is 1. The summed E-state index contributed by atoms with van der Waals surface area (Å²) in [6.07, 6.45) is 23.3. The zero-order valence-electron chi connectivity index (χ0n) is 19.3. The van der Waals surface area contributed by atoms with Crippen molar-refractivity contribution in [2.45, 2.75) is 70.8 Å². The molecule has 1 atom stereocenters. The molecule has 0 aliphatic heterocycles. The SMILES string of the molecule is CC/C=C\C/C=C\C/C=C\C/C=C\CCCCC(=O)O[C@H](CC(=O)[O-])C[N+](C)(C)C. The van der Waals surface area contributed by atoms with Gasteiger partial charge in [0.2, 0.25) is 0 Å². The van der Waals surface area contributed by atoms with Crippen molar-refractivity contribution in [1.29, 1.82) is 0 Å². The molecule has 0 aromatic carbocycles. The van der Waals surface area contributed by atoms with Crippen molar-refractivity contribution >= 4 is 11.9 Å². The fourth-order valence-corrected chi connectivity index (χ4v) is 2.81. The van der Waals surface area contributed by atoms with E-state index in [0.717, 1.165) is 44.9 Å². The molecule has 0 aliphatic carbocycles. The van der Waals surface area contributed by atoms with Gasteiger partial charge >= 0.3 is 5.97 Å². The summed E-state index contributed by atoms with van der Waals surface area (Å²) < 4.78 is 5.87. The van der Waals surface area contributed by atoms with Gasteiger partial charge in [0.05, 0.1) is 21.1 Å². The molecule has 0 fully saturated rings. The first-order chi connectivity index (χ1) is 14.2. The second-order valence-corrected chi connectivity index (χ2v) is 8.41. The van der Waals surface area contributed by atoms with Gasteiger partial charge in [0.1, 0.15) is 6.54 Å². The number of carboxylic acid groups (broad SMARTS) is 1. The normalized spacial score (nSPS) is 13.7. The second-order valence-electron chi connectivity index (χ2n) is 8.41. The summed E-state index contributed by atoms with van der Waals surface area (Å²) in [5.74, 6) is -1.53. The van der Waals surface area contributed by atoms with Crippen LogP contribution in [0.1, 0.15) is 64.7 Å². The largest absolute Gasteiger partial charge is 0.550 e. The van der Waals surface area contributed by atoms with Crippen molar-refractivity contribution in [2.75, 3.05) is 27.7 Å². The Kier molecular flexibility index (Phi) is 16.4. The molecule has 0 unspecified atom stereocenters. The number of carbonyl (C=O) groups is 2. The zero-order valence-corrected chi connectivity index (χ0v) is 19.3. The third-order valence-electron chi connectivity index (χ3n) is 4.16. The number of carbonyl (C=O) groups excluding carboxylic acids is 2. The Labute approximate surface area is 183 Å². The van der Waals surface area contributed by atoms with E-state index in [1.807, 2.05) is 21.1 Å². The van der Waals surface area contributed by atoms with Crippen LogP contribution < -0.4 is 5.11 Å². The van der Waals surface area contributed by atoms with Crippen molar-refractivity contribution in [3.05, 3.63) is 48.6 Å². The number of hydrogen-bond acceptors (Lipinski definition) is 4. The fourth-order valence-electron chi connectivity index (χ4n) is 2.81. The average Bonchev–Trinajstić information content (AvgIpc) is 2.63. The number of esters is 1. The molecule has 5 heteroatoms. The minimum Gasteiger partial charge on any atom is -0.550 e. The van der Waals surface area contributed by atoms with E-state index in [1.165, 1.54) is 0 Å². The molecule has 0 aromatic rings. The number of unbranched alkanes of at least 4 members (excludes halogenated alkanes) is 2. The highest BCUT2D eigenvalue weighted by Crippen LogP contribution is 2.09. The number of hydrogen-bond donors (Lipinski definition) is 0. The summed E-state index contributed by atoms with van der Waals surface area (Å²) >= 11 is 0. The number of quaternary nitrogens is 1. The van der Waals surface area contributed by atoms with Crippen LogP contribution in [-0.4, -0.2) is 50.2 Å². The van der Waals surface area contributed by atoms with Crippen LogP contribution in [0.2, 0.25) is 0 Å². The van der Waals surface area contributed by atoms with Crippen molar-refractivity contribution < 1.29 is 23.9 Å². The number of allylic oxidation sites excluding steroid dienone is 8. The maximum Gasteiger partial charge on any atom is 0.306 e. The Morgan fingerprint density at radius 3 is 1.90 bits per heavy atom. The van der Waals surface area contributed by atoms with Crippen LogP contribution >= 0.6 is 0 Å². The van der Waals surface area contributed by atoms with Gasteiger partial charge in [-0.2, -0.15) is 0 Å². The summed E-state index contributed by atoms with van der Waals surface area (Å²) in [5, 5.41) is 10.9. The molecule has 0 amide bonds. The van der Waals surface area contributed by atoms with E-state index < -0.39 is 12.1 Å². The highest BCUT2D eigenvalue weighted by molar-refractivity contribution is 5.70. The third-order valence-corrected chi connectivity index (χ3v) is 4.16. The minimum atomic E-state index is -1.19. The Balaban J connectivity index is 3.87. The molecule has 30 heavy (non-hydrogen) atoms. The van der Waals surface area contributed by atoms with E-state index in [1.54, 1.807) is 0 Å². The van der Waals surface area contributed by atoms with Gasteiger partial charge in [0.15, 0.2) is 6.10 Å². The van der Waals surface area contributed by atoms with Gasteiger partial charge in [-0.1, -0.05) is 55.5 Å². The van der Waals surface area contributed by atoms with Gasteiger partial charge in [0.25, 0.3) is 0 Å². The highest BCUT2D eigenvalue weighted by atomic mass is 16.5. The first-order valence-corrected chi connectivity index (χ1v) is 11.0. The Hall–Kier alpha value is -2.14. The van der Waals surface area contributed by atoms with E-state index >= 15 is 0 Å². The lowest BCUT2D eigenvalue weighted by Crippen LogP contribution is -2.45. The lowest BCUT2D eigenvalue weighted by Gasteiger charge is -2.29. The molecule has 0 bridgehead atoms. The third kappa shape index (κ3) is 20.6. The van der Waals surface area contributed by atoms with Crippen LogP contribution in [0, 0.1) is 0 Å². The van der Waals surface area contributed by atoms with Crippen LogP contribution in [0.25, 0.3) is 0 Å². The monoisotopic (exact) mass is 419 g/mol. The molecule has 0 aromatic heterocycles. The Morgan fingerprint density at radius 1 is 0.867 bits per heavy atom. The maximum atomic E-state index is 12.0. The molecule has 0 aliphatic rings. The summed E-state index contributed by atoms with van der Waals surface area (Å²) in [5.41, 5.74) is 0. The maximum absolute atomic E-state index is 12.0. The van der Waals surface area contributed by atoms with Crippen LogP contribution in [0.4, 0.5) is 0 Å². The van der Waals surface area contributed by atoms with Crippen molar-refractivity contribution in [2.24, 2.45) is 0 Å². The lowest BCUT2D eigenvalue weighted by molar-refractivity contribution is -0.873. The van der Waals surface area contributed by atoms with Crippen LogP contribution in [-0.2, 0) is 14.3 Å². The summed E-state index contributed by atoms with van der Waals surface area (Å²) in [4.78, 5) is 22.8. The first-order valence-electron chi connectivity index (χ1n) is 11.0. The first kappa shape index (κ1) is 27.9. The van der Waals surface area contributed by atoms with Gasteiger partial charge in [0, 0.05) is 18.8 Å². The van der Waals surface area contributed by atoms with E-state index in [0.29, 0.717) is 17.4 Å². The van der Waals surface area contributed by atoms with Crippen LogP contribution in [0.3, 0.4) is 0 Å². The smallest absolute Gasteiger partial charge is 0.306 e. The molecule has 0 radical (unpaired) electrons. The van der Waals surface area contributed by atoms with E-state index in [2.05, 4.69) is 55.5 Å².